The van der Waals surface area contributed by atoms with Crippen LogP contribution < -0.4 is 10.2 Å². The number of anilines is 2. The third kappa shape index (κ3) is 3.86. The van der Waals surface area contributed by atoms with Crippen molar-refractivity contribution in [1.82, 2.24) is 0 Å². The van der Waals surface area contributed by atoms with Gasteiger partial charge in [0.1, 0.15) is 0 Å². The number of hydrogen-bond acceptors (Lipinski definition) is 5. The highest BCUT2D eigenvalue weighted by Gasteiger charge is 2.59. The molecule has 0 spiro atoms. The molecule has 34 heavy (non-hydrogen) atoms. The van der Waals surface area contributed by atoms with Crippen LogP contribution in [0.5, 0.6) is 0 Å². The van der Waals surface area contributed by atoms with E-state index < -0.39 is 18.5 Å². The number of nitrogens with one attached hydrogen (secondary N) is 1. The van der Waals surface area contributed by atoms with Crippen molar-refractivity contribution in [2.24, 2.45) is 23.7 Å². The molecule has 2 bridgehead atoms. The molecule has 4 atom stereocenters. The number of aryl methyl sites for hydroxylation is 1. The molecular weight excluding hydrogens is 500 g/mol. The van der Waals surface area contributed by atoms with E-state index in [1.54, 1.807) is 18.2 Å². The van der Waals surface area contributed by atoms with E-state index in [1.807, 2.05) is 19.1 Å². The van der Waals surface area contributed by atoms with Crippen molar-refractivity contribution in [1.29, 1.82) is 0 Å². The summed E-state index contributed by atoms with van der Waals surface area (Å²) >= 11 is 3.41. The predicted molar refractivity (Wildman–Crippen MR) is 129 cm³/mol. The van der Waals surface area contributed by atoms with Crippen molar-refractivity contribution in [3.05, 3.63) is 70.2 Å². The Hall–Kier alpha value is -3.26. The Bertz CT molecular complexity index is 1190. The zero-order chi connectivity index (χ0) is 24.0. The molecule has 2 aromatic carbocycles. The summed E-state index contributed by atoms with van der Waals surface area (Å²) in [7, 11) is 0. The summed E-state index contributed by atoms with van der Waals surface area (Å²) in [5, 5.41) is 2.76. The molecule has 0 aromatic heterocycles. The highest BCUT2D eigenvalue weighted by Crippen LogP contribution is 2.53. The largest absolute Gasteiger partial charge is 0.452 e. The second kappa shape index (κ2) is 8.83. The van der Waals surface area contributed by atoms with Gasteiger partial charge in [-0.25, -0.2) is 4.79 Å². The molecule has 2 aromatic rings. The highest BCUT2D eigenvalue weighted by atomic mass is 79.9. The van der Waals surface area contributed by atoms with E-state index in [-0.39, 0.29) is 41.0 Å². The Morgan fingerprint density at radius 1 is 1.03 bits per heavy atom. The molecule has 2 fully saturated rings. The number of esters is 1. The fourth-order valence-electron chi connectivity index (χ4n) is 5.28. The van der Waals surface area contributed by atoms with Crippen LogP contribution in [0.25, 0.3) is 0 Å². The summed E-state index contributed by atoms with van der Waals surface area (Å²) in [4.78, 5) is 51.8. The lowest BCUT2D eigenvalue weighted by Gasteiger charge is -2.17. The molecule has 1 aliphatic heterocycles. The Morgan fingerprint density at radius 2 is 1.68 bits per heavy atom. The van der Waals surface area contributed by atoms with Crippen LogP contribution >= 0.6 is 15.9 Å². The molecule has 3 aliphatic rings. The Labute approximate surface area is 205 Å². The molecule has 174 valence electrons. The van der Waals surface area contributed by atoms with Gasteiger partial charge in [-0.05, 0) is 72.7 Å². The number of imide groups is 1. The monoisotopic (exact) mass is 522 g/mol. The number of allylic oxidation sites excluding steroid dienone is 2. The summed E-state index contributed by atoms with van der Waals surface area (Å²) in [5.41, 5.74) is 2.31. The van der Waals surface area contributed by atoms with Crippen LogP contribution in [0.2, 0.25) is 0 Å². The maximum atomic E-state index is 12.9. The second-order valence-electron chi connectivity index (χ2n) is 8.84. The number of benzene rings is 2. The number of fused-ring (bicyclic) bond motifs is 5. The molecular formula is C26H23BrN2O5. The summed E-state index contributed by atoms with van der Waals surface area (Å²) < 4.78 is 6.07. The van der Waals surface area contributed by atoms with Crippen LogP contribution in [0.1, 0.15) is 29.3 Å². The van der Waals surface area contributed by atoms with Crippen molar-refractivity contribution in [2.45, 2.75) is 19.8 Å². The number of nitrogens with zero attached hydrogens (tertiary/aromatic N) is 1. The maximum Gasteiger partial charge on any atom is 0.338 e. The van der Waals surface area contributed by atoms with Gasteiger partial charge < -0.3 is 10.1 Å². The zero-order valence-corrected chi connectivity index (χ0v) is 20.1. The molecule has 1 heterocycles. The molecule has 2 aliphatic carbocycles. The lowest BCUT2D eigenvalue weighted by Crippen LogP contribution is -2.32. The van der Waals surface area contributed by atoms with Gasteiger partial charge in [0.05, 0.1) is 23.1 Å². The molecule has 0 unspecified atom stereocenters. The van der Waals surface area contributed by atoms with E-state index in [1.165, 1.54) is 17.0 Å². The first-order chi connectivity index (χ1) is 16.4. The minimum atomic E-state index is -0.661. The number of rotatable bonds is 6. The summed E-state index contributed by atoms with van der Waals surface area (Å²) in [6.45, 7) is 1.56. The maximum absolute atomic E-state index is 12.9. The topological polar surface area (TPSA) is 92.8 Å². The minimum Gasteiger partial charge on any atom is -0.452 e. The normalized spacial score (nSPS) is 24.5. The number of amides is 3. The molecule has 5 rings (SSSR count). The van der Waals surface area contributed by atoms with Gasteiger partial charge in [0.25, 0.3) is 5.91 Å². The van der Waals surface area contributed by atoms with Crippen LogP contribution in [0.15, 0.2) is 59.1 Å². The minimum absolute atomic E-state index is 0.141. The van der Waals surface area contributed by atoms with Crippen LogP contribution in [0.4, 0.5) is 11.4 Å². The van der Waals surface area contributed by atoms with E-state index in [0.717, 1.165) is 22.9 Å². The first-order valence-corrected chi connectivity index (χ1v) is 12.1. The Balaban J connectivity index is 1.20. The fraction of sp³-hybridized carbons (Fsp3) is 0.308. The van der Waals surface area contributed by atoms with E-state index >= 15 is 0 Å². The second-order valence-corrected chi connectivity index (χ2v) is 9.75. The van der Waals surface area contributed by atoms with Gasteiger partial charge in [-0.3, -0.25) is 19.3 Å². The van der Waals surface area contributed by atoms with Crippen LogP contribution in [0, 0.1) is 23.7 Å². The lowest BCUT2D eigenvalue weighted by molar-refractivity contribution is -0.123. The Morgan fingerprint density at radius 3 is 2.29 bits per heavy atom. The average Bonchev–Trinajstić information content (AvgIpc) is 3.52. The summed E-state index contributed by atoms with van der Waals surface area (Å²) in [5.74, 6) is -1.70. The predicted octanol–water partition coefficient (Wildman–Crippen LogP) is 4.12. The number of carbonyl (C=O) groups is 4. The van der Waals surface area contributed by atoms with Crippen LogP contribution in [-0.4, -0.2) is 30.3 Å². The van der Waals surface area contributed by atoms with Gasteiger partial charge in [0.2, 0.25) is 11.8 Å². The SMILES string of the molecule is CCc1cc(Br)ccc1NC(=O)COC(=O)c1ccc(N2C(=O)[C@@H]3[C@@H](C2=O)[C@H]2C=C[C@H]3C2)cc1. The van der Waals surface area contributed by atoms with Crippen LogP contribution in [0.3, 0.4) is 0 Å². The van der Waals surface area contributed by atoms with Gasteiger partial charge >= 0.3 is 5.97 Å². The van der Waals surface area contributed by atoms with E-state index in [2.05, 4.69) is 33.4 Å². The van der Waals surface area contributed by atoms with E-state index in [9.17, 15) is 19.2 Å². The van der Waals surface area contributed by atoms with E-state index in [0.29, 0.717) is 11.4 Å². The van der Waals surface area contributed by atoms with Gasteiger partial charge in [-0.1, -0.05) is 35.0 Å². The summed E-state index contributed by atoms with van der Waals surface area (Å²) in [6, 6.07) is 11.7. The first-order valence-electron chi connectivity index (χ1n) is 11.3. The lowest BCUT2D eigenvalue weighted by atomic mass is 9.85. The van der Waals surface area contributed by atoms with Crippen molar-refractivity contribution in [3.8, 4) is 0 Å². The van der Waals surface area contributed by atoms with E-state index in [4.69, 9.17) is 4.74 Å². The average molecular weight is 523 g/mol. The third-order valence-corrected chi connectivity index (χ3v) is 7.38. The van der Waals surface area contributed by atoms with Gasteiger partial charge in [-0.2, -0.15) is 0 Å². The van der Waals surface area contributed by atoms with Gasteiger partial charge in [0.15, 0.2) is 6.61 Å². The number of halogens is 1. The molecule has 3 amide bonds. The van der Waals surface area contributed by atoms with Crippen molar-refractivity contribution in [2.75, 3.05) is 16.8 Å². The molecule has 1 N–H and O–H groups in total. The summed E-state index contributed by atoms with van der Waals surface area (Å²) in [6.07, 6.45) is 5.72. The molecule has 0 radical (unpaired) electrons. The van der Waals surface area contributed by atoms with Gasteiger partial charge in [0, 0.05) is 10.2 Å². The number of hydrogen-bond donors (Lipinski definition) is 1. The zero-order valence-electron chi connectivity index (χ0n) is 18.5. The third-order valence-electron chi connectivity index (χ3n) is 6.89. The standard InChI is InChI=1S/C26H23BrN2O5/c1-2-14-12-18(27)7-10-20(14)28-21(30)13-34-26(33)15-5-8-19(9-6-15)29-24(31)22-16-3-4-17(11-16)23(22)25(29)32/h3-10,12,16-17,22-23H,2,11,13H2,1H3,(H,28,30)/t16-,17-,22-,23-/m0/s1. The highest BCUT2D eigenvalue weighted by molar-refractivity contribution is 9.10. The molecule has 1 saturated carbocycles. The number of ether oxygens (including phenoxy) is 1. The quantitative estimate of drug-likeness (QED) is 0.350. The fourth-order valence-corrected chi connectivity index (χ4v) is 5.69. The Kier molecular flexibility index (Phi) is 5.85. The van der Waals surface area contributed by atoms with Crippen molar-refractivity contribution >= 4 is 51.0 Å². The van der Waals surface area contributed by atoms with Crippen LogP contribution in [-0.2, 0) is 25.5 Å². The number of carbonyl (C=O) groups excluding carboxylic acids is 4. The molecule has 8 heteroatoms. The smallest absolute Gasteiger partial charge is 0.338 e. The van der Waals surface area contributed by atoms with Gasteiger partial charge in [-0.15, -0.1) is 0 Å². The molecule has 7 nitrogen and oxygen atoms in total. The van der Waals surface area contributed by atoms with Crippen molar-refractivity contribution in [3.63, 3.8) is 0 Å². The van der Waals surface area contributed by atoms with Crippen molar-refractivity contribution < 1.29 is 23.9 Å². The first kappa shape index (κ1) is 22.5. The molecule has 1 saturated heterocycles.